The Morgan fingerprint density at radius 2 is 1.31 bits per heavy atom. The van der Waals surface area contributed by atoms with E-state index in [0.717, 1.165) is 25.8 Å². The molecule has 0 aliphatic carbocycles. The summed E-state index contributed by atoms with van der Waals surface area (Å²) in [4.78, 5) is 45.1. The van der Waals surface area contributed by atoms with Crippen LogP contribution in [0.5, 0.6) is 0 Å². The first-order chi connectivity index (χ1) is 15.3. The van der Waals surface area contributed by atoms with Gasteiger partial charge >= 0.3 is 23.7 Å². The predicted molar refractivity (Wildman–Crippen MR) is 108 cm³/mol. The number of carbonyl (C=O) groups excluding carboxylic acids is 2. The van der Waals surface area contributed by atoms with E-state index in [-0.39, 0.29) is 42.9 Å². The van der Waals surface area contributed by atoms with Crippen LogP contribution in [-0.2, 0) is 27.5 Å². The lowest BCUT2D eigenvalue weighted by atomic mass is 10.2. The third-order valence-electron chi connectivity index (χ3n) is 4.40. The Hall–Kier alpha value is -3.28. The van der Waals surface area contributed by atoms with Crippen LogP contribution in [0.4, 0.5) is 4.79 Å². The molecule has 2 N–H and O–H groups in total. The van der Waals surface area contributed by atoms with Crippen molar-refractivity contribution in [2.75, 3.05) is 19.6 Å². The van der Waals surface area contributed by atoms with Crippen LogP contribution in [0.3, 0.4) is 0 Å². The fraction of sp³-hybridized carbons (Fsp3) is 0.600. The Balaban J connectivity index is 1.39. The third-order valence-corrected chi connectivity index (χ3v) is 4.40. The molecule has 0 aromatic carbocycles. The standard InChI is InChI=1S/C20H28N2O10/c1-13-15(31-19(25)29-13)11-27-17(23)7-6-9-21-8-4-3-5-10-22-18(24)28-12-16-14(2)30-20(26)32-16/h21H,3-12H2,1-2H3,(H,22,24). The summed E-state index contributed by atoms with van der Waals surface area (Å²) in [5, 5.41) is 5.85. The van der Waals surface area contributed by atoms with Gasteiger partial charge in [0.2, 0.25) is 0 Å². The molecule has 2 rings (SSSR count). The van der Waals surface area contributed by atoms with E-state index in [1.54, 1.807) is 13.8 Å². The maximum absolute atomic E-state index is 11.7. The van der Waals surface area contributed by atoms with Crippen molar-refractivity contribution in [1.82, 2.24) is 10.6 Å². The second kappa shape index (κ2) is 13.2. The van der Waals surface area contributed by atoms with Crippen molar-refractivity contribution in [3.05, 3.63) is 44.3 Å². The molecule has 0 spiro atoms. The summed E-state index contributed by atoms with van der Waals surface area (Å²) in [6, 6.07) is 0. The average molecular weight is 456 g/mol. The molecule has 2 aromatic rings. The van der Waals surface area contributed by atoms with Crippen LogP contribution in [0.2, 0.25) is 0 Å². The largest absolute Gasteiger partial charge is 0.519 e. The molecule has 0 saturated carbocycles. The number of esters is 1. The number of hydrogen-bond donors (Lipinski definition) is 2. The number of nitrogens with one attached hydrogen (secondary N) is 2. The van der Waals surface area contributed by atoms with Gasteiger partial charge in [0.05, 0.1) is 0 Å². The van der Waals surface area contributed by atoms with Gasteiger partial charge in [0.15, 0.2) is 36.3 Å². The first kappa shape index (κ1) is 25.0. The maximum atomic E-state index is 11.7. The molecule has 2 aromatic heterocycles. The Labute approximate surface area is 183 Å². The Morgan fingerprint density at radius 1 is 0.750 bits per heavy atom. The number of amides is 1. The van der Waals surface area contributed by atoms with E-state index in [1.165, 1.54) is 0 Å². The molecular weight excluding hydrogens is 428 g/mol. The topological polar surface area (TPSA) is 163 Å². The van der Waals surface area contributed by atoms with Gasteiger partial charge in [0, 0.05) is 13.0 Å². The van der Waals surface area contributed by atoms with Crippen LogP contribution < -0.4 is 22.3 Å². The van der Waals surface area contributed by atoms with E-state index in [2.05, 4.69) is 19.5 Å². The van der Waals surface area contributed by atoms with Crippen molar-refractivity contribution < 1.29 is 36.7 Å². The molecule has 0 unspecified atom stereocenters. The highest BCUT2D eigenvalue weighted by molar-refractivity contribution is 5.69. The van der Waals surface area contributed by atoms with Gasteiger partial charge in [-0.05, 0) is 46.2 Å². The van der Waals surface area contributed by atoms with Gasteiger partial charge in [-0.15, -0.1) is 0 Å². The van der Waals surface area contributed by atoms with Crippen LogP contribution >= 0.6 is 0 Å². The summed E-state index contributed by atoms with van der Waals surface area (Å²) in [6.07, 6.45) is 2.88. The van der Waals surface area contributed by atoms with Crippen LogP contribution in [0.1, 0.15) is 55.1 Å². The highest BCUT2D eigenvalue weighted by atomic mass is 16.6. The Morgan fingerprint density at radius 3 is 1.91 bits per heavy atom. The van der Waals surface area contributed by atoms with E-state index in [0.29, 0.717) is 25.3 Å². The SMILES string of the molecule is Cc1oc(=O)oc1COC(=O)CCCNCCCCCNC(=O)OCc1oc(=O)oc1C. The Bertz CT molecular complexity index is 889. The number of rotatable bonds is 14. The van der Waals surface area contributed by atoms with Gasteiger partial charge in [-0.25, -0.2) is 14.4 Å². The molecule has 12 heteroatoms. The minimum absolute atomic E-state index is 0.120. The zero-order chi connectivity index (χ0) is 23.3. The third kappa shape index (κ3) is 9.25. The smallest absolute Gasteiger partial charge is 0.457 e. The normalized spacial score (nSPS) is 10.8. The summed E-state index contributed by atoms with van der Waals surface area (Å²) >= 11 is 0. The van der Waals surface area contributed by atoms with E-state index in [9.17, 15) is 19.2 Å². The monoisotopic (exact) mass is 456 g/mol. The molecule has 178 valence electrons. The zero-order valence-corrected chi connectivity index (χ0v) is 18.2. The number of carbonyl (C=O) groups is 2. The summed E-state index contributed by atoms with van der Waals surface area (Å²) in [6.45, 7) is 4.75. The minimum Gasteiger partial charge on any atom is -0.457 e. The lowest BCUT2D eigenvalue weighted by Gasteiger charge is -2.07. The molecule has 0 aliphatic heterocycles. The van der Waals surface area contributed by atoms with Gasteiger partial charge in [0.25, 0.3) is 0 Å². The van der Waals surface area contributed by atoms with Crippen molar-refractivity contribution in [2.45, 2.75) is 59.2 Å². The predicted octanol–water partition coefficient (Wildman–Crippen LogP) is 1.91. The fourth-order valence-electron chi connectivity index (χ4n) is 2.64. The molecule has 12 nitrogen and oxygen atoms in total. The van der Waals surface area contributed by atoms with Gasteiger partial charge in [0.1, 0.15) is 0 Å². The summed E-state index contributed by atoms with van der Waals surface area (Å²) in [5.74, 6) is -1.03. The van der Waals surface area contributed by atoms with Crippen molar-refractivity contribution in [1.29, 1.82) is 0 Å². The van der Waals surface area contributed by atoms with Crippen LogP contribution in [-0.4, -0.2) is 31.7 Å². The number of ether oxygens (including phenoxy) is 2. The second-order valence-electron chi connectivity index (χ2n) is 6.94. The molecule has 0 atom stereocenters. The minimum atomic E-state index is -0.827. The average Bonchev–Trinajstić information content (AvgIpc) is 3.24. The van der Waals surface area contributed by atoms with Crippen LogP contribution in [0.25, 0.3) is 0 Å². The molecule has 0 aliphatic rings. The van der Waals surface area contributed by atoms with Gasteiger partial charge < -0.3 is 37.8 Å². The zero-order valence-electron chi connectivity index (χ0n) is 18.2. The molecule has 0 bridgehead atoms. The van der Waals surface area contributed by atoms with Crippen molar-refractivity contribution in [3.8, 4) is 0 Å². The number of alkyl carbamates (subject to hydrolysis) is 1. The van der Waals surface area contributed by atoms with Crippen LogP contribution in [0, 0.1) is 13.8 Å². The number of aryl methyl sites for hydroxylation is 2. The van der Waals surface area contributed by atoms with E-state index in [4.69, 9.17) is 18.3 Å². The summed E-state index contributed by atoms with van der Waals surface area (Å²) in [7, 11) is 0. The van der Waals surface area contributed by atoms with Gasteiger partial charge in [-0.1, -0.05) is 6.42 Å². The fourth-order valence-corrected chi connectivity index (χ4v) is 2.64. The molecule has 32 heavy (non-hydrogen) atoms. The van der Waals surface area contributed by atoms with E-state index < -0.39 is 17.7 Å². The van der Waals surface area contributed by atoms with Crippen molar-refractivity contribution >= 4 is 12.1 Å². The van der Waals surface area contributed by atoms with E-state index in [1.807, 2.05) is 0 Å². The maximum Gasteiger partial charge on any atom is 0.519 e. The van der Waals surface area contributed by atoms with Crippen molar-refractivity contribution in [2.24, 2.45) is 0 Å². The molecule has 0 saturated heterocycles. The molecule has 0 radical (unpaired) electrons. The molecule has 2 heterocycles. The van der Waals surface area contributed by atoms with Crippen LogP contribution in [0.15, 0.2) is 27.3 Å². The first-order valence-corrected chi connectivity index (χ1v) is 10.3. The van der Waals surface area contributed by atoms with Gasteiger partial charge in [-0.3, -0.25) is 4.79 Å². The van der Waals surface area contributed by atoms with Gasteiger partial charge in [-0.2, -0.15) is 0 Å². The quantitative estimate of drug-likeness (QED) is 0.315. The van der Waals surface area contributed by atoms with Crippen molar-refractivity contribution in [3.63, 3.8) is 0 Å². The summed E-state index contributed by atoms with van der Waals surface area (Å²) < 4.78 is 28.8. The number of hydrogen-bond acceptors (Lipinski definition) is 11. The molecular formula is C20H28N2O10. The first-order valence-electron chi connectivity index (χ1n) is 10.3. The summed E-state index contributed by atoms with van der Waals surface area (Å²) in [5.41, 5.74) is 0. The second-order valence-corrected chi connectivity index (χ2v) is 6.94. The molecule has 0 fully saturated rings. The molecule has 1 amide bonds. The highest BCUT2D eigenvalue weighted by Gasteiger charge is 2.12. The van der Waals surface area contributed by atoms with E-state index >= 15 is 0 Å². The lowest BCUT2D eigenvalue weighted by molar-refractivity contribution is -0.145. The Kier molecular flexibility index (Phi) is 10.3. The highest BCUT2D eigenvalue weighted by Crippen LogP contribution is 2.08. The number of unbranched alkanes of at least 4 members (excludes halogenated alkanes) is 2. The lowest BCUT2D eigenvalue weighted by Crippen LogP contribution is -2.25.